The smallest absolute Gasteiger partial charge is 0.251 e. The zero-order valence-corrected chi connectivity index (χ0v) is 11.7. The summed E-state index contributed by atoms with van der Waals surface area (Å²) in [5.41, 5.74) is 13.3. The molecule has 0 atom stereocenters. The molecule has 0 radical (unpaired) electrons. The molecule has 1 heterocycles. The fraction of sp³-hybridized carbons (Fsp3) is 0.615. The van der Waals surface area contributed by atoms with Crippen molar-refractivity contribution in [2.45, 2.75) is 46.0 Å². The van der Waals surface area contributed by atoms with Gasteiger partial charge in [0.25, 0.3) is 5.91 Å². The normalized spacial score (nSPS) is 20.9. The summed E-state index contributed by atoms with van der Waals surface area (Å²) in [5.74, 6) is -0.395. The standard InChI is InChI=1S/C13H20N2OS/c1-12(2)5-7-8(10(14)16)11(15)17-9(7)13(3,4)6-12/h5-6,15H2,1-4H3,(H2,14,16). The van der Waals surface area contributed by atoms with Crippen molar-refractivity contribution in [3.63, 3.8) is 0 Å². The van der Waals surface area contributed by atoms with Crippen molar-refractivity contribution < 1.29 is 4.79 Å². The number of primary amides is 1. The lowest BCUT2D eigenvalue weighted by molar-refractivity contribution is 0.0999. The van der Waals surface area contributed by atoms with Gasteiger partial charge in [-0.15, -0.1) is 11.3 Å². The Hall–Kier alpha value is -1.03. The minimum atomic E-state index is -0.395. The van der Waals surface area contributed by atoms with Crippen molar-refractivity contribution >= 4 is 22.2 Å². The Bertz CT molecular complexity index is 486. The zero-order valence-electron chi connectivity index (χ0n) is 10.9. The molecule has 0 aliphatic heterocycles. The number of carbonyl (C=O) groups excluding carboxylic acids is 1. The first-order valence-corrected chi connectivity index (χ1v) is 6.67. The van der Waals surface area contributed by atoms with E-state index in [1.54, 1.807) is 0 Å². The second-order valence-electron chi connectivity index (χ2n) is 6.41. The molecule has 4 N–H and O–H groups in total. The van der Waals surface area contributed by atoms with E-state index in [2.05, 4.69) is 27.7 Å². The molecule has 0 fully saturated rings. The number of anilines is 1. The monoisotopic (exact) mass is 252 g/mol. The van der Waals surface area contributed by atoms with Gasteiger partial charge >= 0.3 is 0 Å². The maximum absolute atomic E-state index is 11.5. The highest BCUT2D eigenvalue weighted by atomic mass is 32.1. The molecule has 0 aromatic carbocycles. The van der Waals surface area contributed by atoms with Crippen molar-refractivity contribution in [1.29, 1.82) is 0 Å². The van der Waals surface area contributed by atoms with Gasteiger partial charge in [0.15, 0.2) is 0 Å². The van der Waals surface area contributed by atoms with Gasteiger partial charge in [-0.05, 0) is 29.2 Å². The number of hydrogen-bond acceptors (Lipinski definition) is 3. The predicted octanol–water partition coefficient (Wildman–Crippen LogP) is 2.68. The van der Waals surface area contributed by atoms with E-state index in [1.165, 1.54) is 16.2 Å². The van der Waals surface area contributed by atoms with Crippen molar-refractivity contribution in [2.75, 3.05) is 5.73 Å². The number of thiophene rings is 1. The van der Waals surface area contributed by atoms with Gasteiger partial charge in [0.05, 0.1) is 10.6 Å². The second-order valence-corrected chi connectivity index (χ2v) is 7.47. The molecule has 1 aromatic rings. The predicted molar refractivity (Wildman–Crippen MR) is 72.4 cm³/mol. The maximum Gasteiger partial charge on any atom is 0.251 e. The number of nitrogens with two attached hydrogens (primary N) is 2. The van der Waals surface area contributed by atoms with E-state index < -0.39 is 5.91 Å². The molecule has 1 aromatic heterocycles. The Balaban J connectivity index is 2.67. The molecule has 0 unspecified atom stereocenters. The van der Waals surface area contributed by atoms with Gasteiger partial charge in [-0.1, -0.05) is 27.7 Å². The summed E-state index contributed by atoms with van der Waals surface area (Å²) in [6, 6.07) is 0. The van der Waals surface area contributed by atoms with E-state index in [0.717, 1.165) is 18.4 Å². The molecule has 1 aliphatic carbocycles. The molecule has 0 saturated carbocycles. The summed E-state index contributed by atoms with van der Waals surface area (Å²) in [6.07, 6.45) is 1.99. The summed E-state index contributed by atoms with van der Waals surface area (Å²) < 4.78 is 0. The summed E-state index contributed by atoms with van der Waals surface area (Å²) in [7, 11) is 0. The van der Waals surface area contributed by atoms with Crippen molar-refractivity contribution in [3.8, 4) is 0 Å². The fourth-order valence-corrected chi connectivity index (χ4v) is 4.48. The summed E-state index contributed by atoms with van der Waals surface area (Å²) >= 11 is 1.53. The quantitative estimate of drug-likeness (QED) is 0.806. The fourth-order valence-electron chi connectivity index (χ4n) is 3.29. The van der Waals surface area contributed by atoms with Crippen LogP contribution in [0.2, 0.25) is 0 Å². The van der Waals surface area contributed by atoms with Crippen molar-refractivity contribution in [2.24, 2.45) is 11.1 Å². The van der Waals surface area contributed by atoms with Crippen LogP contribution in [-0.2, 0) is 11.8 Å². The van der Waals surface area contributed by atoms with Gasteiger partial charge < -0.3 is 11.5 Å². The van der Waals surface area contributed by atoms with Crippen LogP contribution < -0.4 is 11.5 Å². The number of carbonyl (C=O) groups is 1. The maximum atomic E-state index is 11.5. The summed E-state index contributed by atoms with van der Waals surface area (Å²) in [5, 5.41) is 0.577. The van der Waals surface area contributed by atoms with E-state index in [-0.39, 0.29) is 10.8 Å². The molecule has 4 heteroatoms. The molecule has 3 nitrogen and oxygen atoms in total. The molecule has 0 bridgehead atoms. The van der Waals surface area contributed by atoms with Gasteiger partial charge in [0.1, 0.15) is 0 Å². The van der Waals surface area contributed by atoms with E-state index in [1.807, 2.05) is 0 Å². The number of fused-ring (bicyclic) bond motifs is 1. The van der Waals surface area contributed by atoms with Crippen LogP contribution >= 0.6 is 11.3 Å². The topological polar surface area (TPSA) is 69.1 Å². The van der Waals surface area contributed by atoms with Crippen molar-refractivity contribution in [3.05, 3.63) is 16.0 Å². The van der Waals surface area contributed by atoms with E-state index >= 15 is 0 Å². The van der Waals surface area contributed by atoms with Crippen LogP contribution in [0, 0.1) is 5.41 Å². The van der Waals surface area contributed by atoms with Crippen LogP contribution in [0.3, 0.4) is 0 Å². The Morgan fingerprint density at radius 1 is 1.29 bits per heavy atom. The number of nitrogen functional groups attached to an aromatic ring is 1. The molecule has 0 saturated heterocycles. The van der Waals surface area contributed by atoms with E-state index in [9.17, 15) is 4.79 Å². The number of hydrogen-bond donors (Lipinski definition) is 2. The first-order valence-electron chi connectivity index (χ1n) is 5.85. The largest absolute Gasteiger partial charge is 0.390 e. The average Bonchev–Trinajstić information content (AvgIpc) is 2.38. The molecule has 0 spiro atoms. The summed E-state index contributed by atoms with van der Waals surface area (Å²) in [6.45, 7) is 8.90. The van der Waals surface area contributed by atoms with Crippen LogP contribution in [0.25, 0.3) is 0 Å². The highest BCUT2D eigenvalue weighted by molar-refractivity contribution is 7.16. The van der Waals surface area contributed by atoms with Gasteiger partial charge in [0.2, 0.25) is 0 Å². The molecular formula is C13H20N2OS. The summed E-state index contributed by atoms with van der Waals surface area (Å²) in [4.78, 5) is 12.8. The number of rotatable bonds is 1. The lowest BCUT2D eigenvalue weighted by Crippen LogP contribution is -2.34. The van der Waals surface area contributed by atoms with Crippen LogP contribution in [0.15, 0.2) is 0 Å². The third-order valence-corrected chi connectivity index (χ3v) is 4.90. The molecule has 94 valence electrons. The Morgan fingerprint density at radius 2 is 1.88 bits per heavy atom. The molecule has 17 heavy (non-hydrogen) atoms. The van der Waals surface area contributed by atoms with Crippen LogP contribution in [0.5, 0.6) is 0 Å². The Labute approximate surface area is 106 Å². The van der Waals surface area contributed by atoms with Gasteiger partial charge in [0, 0.05) is 4.88 Å². The Morgan fingerprint density at radius 3 is 2.41 bits per heavy atom. The first-order chi connectivity index (χ1) is 7.64. The minimum Gasteiger partial charge on any atom is -0.390 e. The lowest BCUT2D eigenvalue weighted by atomic mass is 9.65. The van der Waals surface area contributed by atoms with Crippen LogP contribution in [0.1, 0.15) is 54.9 Å². The molecular weight excluding hydrogens is 232 g/mol. The van der Waals surface area contributed by atoms with Crippen molar-refractivity contribution in [1.82, 2.24) is 0 Å². The van der Waals surface area contributed by atoms with Gasteiger partial charge in [-0.2, -0.15) is 0 Å². The molecule has 2 rings (SSSR count). The zero-order chi connectivity index (χ0) is 13.0. The molecule has 1 aliphatic rings. The highest BCUT2D eigenvalue weighted by Crippen LogP contribution is 2.51. The minimum absolute atomic E-state index is 0.0730. The van der Waals surface area contributed by atoms with E-state index in [4.69, 9.17) is 11.5 Å². The highest BCUT2D eigenvalue weighted by Gasteiger charge is 2.41. The first kappa shape index (κ1) is 12.4. The third-order valence-electron chi connectivity index (χ3n) is 3.47. The van der Waals surface area contributed by atoms with Gasteiger partial charge in [-0.25, -0.2) is 0 Å². The average molecular weight is 252 g/mol. The SMILES string of the molecule is CC1(C)Cc2c(sc(N)c2C(N)=O)C(C)(C)C1. The van der Waals surface area contributed by atoms with Gasteiger partial charge in [-0.3, -0.25) is 4.79 Å². The Kier molecular flexibility index (Phi) is 2.54. The van der Waals surface area contributed by atoms with Crippen LogP contribution in [0.4, 0.5) is 5.00 Å². The second kappa shape index (κ2) is 3.48. The molecule has 1 amide bonds. The lowest BCUT2D eigenvalue weighted by Gasteiger charge is -2.40. The third kappa shape index (κ3) is 1.95. The van der Waals surface area contributed by atoms with E-state index in [0.29, 0.717) is 10.6 Å². The van der Waals surface area contributed by atoms with Crippen LogP contribution in [-0.4, -0.2) is 5.91 Å². The number of amides is 1.